The first-order valence-corrected chi connectivity index (χ1v) is 10.5. The average Bonchev–Trinajstić information content (AvgIpc) is 3.45. The molecule has 154 valence electrons. The predicted molar refractivity (Wildman–Crippen MR) is 114 cm³/mol. The van der Waals surface area contributed by atoms with E-state index in [1.807, 2.05) is 49.4 Å². The third kappa shape index (κ3) is 3.17. The number of rotatable bonds is 5. The Labute approximate surface area is 175 Å². The molecule has 2 N–H and O–H groups in total. The molecule has 5 rings (SSSR count). The molecule has 2 amide bonds. The number of para-hydroxylation sites is 1. The molecule has 30 heavy (non-hydrogen) atoms. The highest BCUT2D eigenvalue weighted by Gasteiger charge is 2.40. The van der Waals surface area contributed by atoms with Gasteiger partial charge in [0.05, 0.1) is 12.1 Å². The van der Waals surface area contributed by atoms with E-state index in [0.29, 0.717) is 12.1 Å². The molecular weight excluding hydrogens is 378 g/mol. The Bertz CT molecular complexity index is 1110. The fourth-order valence-corrected chi connectivity index (χ4v) is 4.74. The Morgan fingerprint density at radius 2 is 2.00 bits per heavy atom. The summed E-state index contributed by atoms with van der Waals surface area (Å²) in [5.41, 5.74) is 4.71. The molecule has 2 aliphatic rings. The lowest BCUT2D eigenvalue weighted by Gasteiger charge is -2.26. The van der Waals surface area contributed by atoms with E-state index >= 15 is 0 Å². The Hall–Kier alpha value is -3.12. The maximum absolute atomic E-state index is 13.3. The summed E-state index contributed by atoms with van der Waals surface area (Å²) in [6.45, 7) is 3.28. The smallest absolute Gasteiger partial charge is 0.255 e. The largest absolute Gasteiger partial charge is 0.376 e. The summed E-state index contributed by atoms with van der Waals surface area (Å²) in [6.07, 6.45) is 2.07. The molecule has 6 heteroatoms. The summed E-state index contributed by atoms with van der Waals surface area (Å²) < 4.78 is 5.59. The quantitative estimate of drug-likeness (QED) is 0.686. The number of H-pyrrole nitrogens is 1. The van der Waals surface area contributed by atoms with Crippen molar-refractivity contribution in [3.05, 3.63) is 70.9 Å². The van der Waals surface area contributed by atoms with Crippen LogP contribution in [-0.4, -0.2) is 47.5 Å². The van der Waals surface area contributed by atoms with Gasteiger partial charge in [-0.2, -0.15) is 0 Å². The monoisotopic (exact) mass is 403 g/mol. The van der Waals surface area contributed by atoms with Gasteiger partial charge in [-0.05, 0) is 37.5 Å². The zero-order chi connectivity index (χ0) is 20.7. The van der Waals surface area contributed by atoms with Crippen LogP contribution in [0.1, 0.15) is 46.1 Å². The SMILES string of the molecule is Cc1[nH]c2ccccc2c1[C@H]1c2ccccc2C(=O)N1CC(=O)NC[C@H]1CCCO1. The predicted octanol–water partition coefficient (Wildman–Crippen LogP) is 3.32. The van der Waals surface area contributed by atoms with Gasteiger partial charge in [0.25, 0.3) is 5.91 Å². The number of aromatic nitrogens is 1. The van der Waals surface area contributed by atoms with Crippen molar-refractivity contribution < 1.29 is 14.3 Å². The van der Waals surface area contributed by atoms with Crippen LogP contribution in [0.4, 0.5) is 0 Å². The molecule has 2 aromatic carbocycles. The number of amides is 2. The van der Waals surface area contributed by atoms with Gasteiger partial charge in [0.2, 0.25) is 5.91 Å². The number of aromatic amines is 1. The minimum absolute atomic E-state index is 0.0177. The summed E-state index contributed by atoms with van der Waals surface area (Å²) >= 11 is 0. The van der Waals surface area contributed by atoms with E-state index in [0.717, 1.165) is 47.2 Å². The highest BCUT2D eigenvalue weighted by Crippen LogP contribution is 2.42. The molecule has 0 saturated carbocycles. The van der Waals surface area contributed by atoms with E-state index in [4.69, 9.17) is 4.74 Å². The van der Waals surface area contributed by atoms with Crippen LogP contribution in [0, 0.1) is 6.92 Å². The van der Waals surface area contributed by atoms with Crippen molar-refractivity contribution in [3.8, 4) is 0 Å². The van der Waals surface area contributed by atoms with Crippen molar-refractivity contribution in [2.75, 3.05) is 19.7 Å². The Balaban J connectivity index is 1.48. The topological polar surface area (TPSA) is 74.4 Å². The van der Waals surface area contributed by atoms with Gasteiger partial charge in [0.1, 0.15) is 6.54 Å². The molecule has 0 spiro atoms. The standard InChI is InChI=1S/C24H25N3O3/c1-15-22(19-10-4-5-11-20(19)26-15)23-17-8-2-3-9-18(17)24(29)27(23)14-21(28)25-13-16-7-6-12-30-16/h2-5,8-11,16,23,26H,6-7,12-14H2,1H3,(H,25,28)/t16-,23-/m1/s1. The Morgan fingerprint density at radius 1 is 1.20 bits per heavy atom. The Kier molecular flexibility index (Phi) is 4.79. The number of carbonyl (C=O) groups excluding carboxylic acids is 2. The highest BCUT2D eigenvalue weighted by molar-refractivity contribution is 6.02. The second-order valence-electron chi connectivity index (χ2n) is 8.07. The van der Waals surface area contributed by atoms with Gasteiger partial charge >= 0.3 is 0 Å². The minimum atomic E-state index is -0.293. The fraction of sp³-hybridized carbons (Fsp3) is 0.333. The highest BCUT2D eigenvalue weighted by atomic mass is 16.5. The number of carbonyl (C=O) groups is 2. The lowest BCUT2D eigenvalue weighted by atomic mass is 9.95. The number of hydrogen-bond donors (Lipinski definition) is 2. The van der Waals surface area contributed by atoms with Crippen LogP contribution in [0.3, 0.4) is 0 Å². The number of nitrogens with zero attached hydrogens (tertiary/aromatic N) is 1. The van der Waals surface area contributed by atoms with Crippen LogP contribution in [0.5, 0.6) is 0 Å². The van der Waals surface area contributed by atoms with Gasteiger partial charge in [-0.1, -0.05) is 36.4 Å². The van der Waals surface area contributed by atoms with Crippen LogP contribution >= 0.6 is 0 Å². The van der Waals surface area contributed by atoms with Gasteiger partial charge in [-0.15, -0.1) is 0 Å². The number of nitrogens with one attached hydrogen (secondary N) is 2. The molecule has 0 unspecified atom stereocenters. The lowest BCUT2D eigenvalue weighted by Crippen LogP contribution is -2.41. The third-order valence-corrected chi connectivity index (χ3v) is 6.14. The van der Waals surface area contributed by atoms with Gasteiger partial charge in [0, 0.05) is 40.9 Å². The van der Waals surface area contributed by atoms with Crippen molar-refractivity contribution in [1.82, 2.24) is 15.2 Å². The van der Waals surface area contributed by atoms with Crippen LogP contribution in [0.15, 0.2) is 48.5 Å². The fourth-order valence-electron chi connectivity index (χ4n) is 4.74. The van der Waals surface area contributed by atoms with E-state index < -0.39 is 0 Å². The number of benzene rings is 2. The summed E-state index contributed by atoms with van der Waals surface area (Å²) in [6, 6.07) is 15.5. The van der Waals surface area contributed by atoms with Crippen molar-refractivity contribution in [3.63, 3.8) is 0 Å². The Morgan fingerprint density at radius 3 is 2.83 bits per heavy atom. The summed E-state index contributed by atoms with van der Waals surface area (Å²) in [5.74, 6) is -0.262. The minimum Gasteiger partial charge on any atom is -0.376 e. The van der Waals surface area contributed by atoms with Crippen molar-refractivity contribution in [2.45, 2.75) is 31.9 Å². The molecule has 1 saturated heterocycles. The van der Waals surface area contributed by atoms with Gasteiger partial charge < -0.3 is 19.9 Å². The molecule has 0 radical (unpaired) electrons. The summed E-state index contributed by atoms with van der Waals surface area (Å²) in [7, 11) is 0. The molecule has 0 bridgehead atoms. The van der Waals surface area contributed by atoms with E-state index in [-0.39, 0.29) is 30.5 Å². The molecule has 0 aliphatic carbocycles. The van der Waals surface area contributed by atoms with E-state index in [9.17, 15) is 9.59 Å². The van der Waals surface area contributed by atoms with Crippen LogP contribution in [0.2, 0.25) is 0 Å². The molecule has 1 fully saturated rings. The first kappa shape index (κ1) is 18.9. The molecule has 6 nitrogen and oxygen atoms in total. The molecule has 2 aliphatic heterocycles. The van der Waals surface area contributed by atoms with Gasteiger partial charge in [0.15, 0.2) is 0 Å². The summed E-state index contributed by atoms with van der Waals surface area (Å²) in [4.78, 5) is 31.1. The molecular formula is C24H25N3O3. The molecule has 1 aromatic heterocycles. The lowest BCUT2D eigenvalue weighted by molar-refractivity contribution is -0.122. The maximum atomic E-state index is 13.3. The number of fused-ring (bicyclic) bond motifs is 2. The molecule has 2 atom stereocenters. The van der Waals surface area contributed by atoms with Gasteiger partial charge in [-0.3, -0.25) is 9.59 Å². The molecule has 3 heterocycles. The van der Waals surface area contributed by atoms with Crippen LogP contribution in [0.25, 0.3) is 10.9 Å². The number of ether oxygens (including phenoxy) is 1. The van der Waals surface area contributed by atoms with Crippen molar-refractivity contribution in [2.24, 2.45) is 0 Å². The molecule has 3 aromatic rings. The van der Waals surface area contributed by atoms with Crippen LogP contribution in [-0.2, 0) is 9.53 Å². The van der Waals surface area contributed by atoms with Crippen LogP contribution < -0.4 is 5.32 Å². The maximum Gasteiger partial charge on any atom is 0.255 e. The van der Waals surface area contributed by atoms with E-state index in [1.165, 1.54) is 0 Å². The van der Waals surface area contributed by atoms with Crippen molar-refractivity contribution in [1.29, 1.82) is 0 Å². The number of aryl methyl sites for hydroxylation is 1. The number of hydrogen-bond acceptors (Lipinski definition) is 3. The second kappa shape index (κ2) is 7.61. The van der Waals surface area contributed by atoms with Crippen molar-refractivity contribution >= 4 is 22.7 Å². The van der Waals surface area contributed by atoms with E-state index in [2.05, 4.69) is 16.4 Å². The normalized spacial score (nSPS) is 20.7. The zero-order valence-corrected chi connectivity index (χ0v) is 17.0. The average molecular weight is 403 g/mol. The third-order valence-electron chi connectivity index (χ3n) is 6.14. The zero-order valence-electron chi connectivity index (χ0n) is 17.0. The van der Waals surface area contributed by atoms with E-state index in [1.54, 1.807) is 4.90 Å². The summed E-state index contributed by atoms with van der Waals surface area (Å²) in [5, 5.41) is 4.03. The second-order valence-corrected chi connectivity index (χ2v) is 8.07. The van der Waals surface area contributed by atoms with Gasteiger partial charge in [-0.25, -0.2) is 0 Å². The first-order valence-electron chi connectivity index (χ1n) is 10.5. The first-order chi connectivity index (χ1) is 14.6.